The second-order valence-corrected chi connectivity index (χ2v) is 4.35. The van der Waals surface area contributed by atoms with Crippen LogP contribution in [-0.2, 0) is 0 Å². The van der Waals surface area contributed by atoms with Gasteiger partial charge in [0, 0.05) is 11.9 Å². The second-order valence-electron chi connectivity index (χ2n) is 4.35. The minimum absolute atomic E-state index is 0.156. The molecule has 0 aliphatic carbocycles. The molecule has 0 atom stereocenters. The second kappa shape index (κ2) is 5.66. The van der Waals surface area contributed by atoms with E-state index in [9.17, 15) is 8.78 Å². The van der Waals surface area contributed by atoms with E-state index >= 15 is 0 Å². The first kappa shape index (κ1) is 13.2. The van der Waals surface area contributed by atoms with Gasteiger partial charge in [-0.15, -0.1) is 0 Å². The zero-order valence-electron chi connectivity index (χ0n) is 10.9. The fraction of sp³-hybridized carbons (Fsp3) is 0. The summed E-state index contributed by atoms with van der Waals surface area (Å²) < 4.78 is 27.5. The van der Waals surface area contributed by atoms with E-state index in [1.807, 2.05) is 30.3 Å². The molecule has 3 nitrogen and oxygen atoms in total. The molecule has 21 heavy (non-hydrogen) atoms. The highest BCUT2D eigenvalue weighted by atomic mass is 19.1. The maximum absolute atomic E-state index is 13.8. The van der Waals surface area contributed by atoms with Crippen LogP contribution < -0.4 is 5.32 Å². The maximum Gasteiger partial charge on any atom is 0.227 e. The average Bonchev–Trinajstić information content (AvgIpc) is 2.48. The topological polar surface area (TPSA) is 37.8 Å². The number of nitrogens with zero attached hydrogens (tertiary/aromatic N) is 2. The summed E-state index contributed by atoms with van der Waals surface area (Å²) in [7, 11) is 0. The Morgan fingerprint density at radius 2 is 1.52 bits per heavy atom. The Kier molecular flexibility index (Phi) is 3.55. The molecule has 1 heterocycles. The zero-order chi connectivity index (χ0) is 14.7. The predicted molar refractivity (Wildman–Crippen MR) is 77.1 cm³/mol. The van der Waals surface area contributed by atoms with Crippen LogP contribution in [-0.4, -0.2) is 9.97 Å². The standard InChI is InChI=1S/C16H11F2N3/c17-12-7-4-8-13(18)15(12)14-9-10-19-16(21-14)20-11-5-2-1-3-6-11/h1-10H,(H,19,20,21). The van der Waals surface area contributed by atoms with Gasteiger partial charge in [0.05, 0.1) is 11.3 Å². The summed E-state index contributed by atoms with van der Waals surface area (Å²) in [6.07, 6.45) is 1.46. The highest BCUT2D eigenvalue weighted by molar-refractivity contribution is 5.63. The molecule has 1 N–H and O–H groups in total. The lowest BCUT2D eigenvalue weighted by Gasteiger charge is -2.07. The monoisotopic (exact) mass is 283 g/mol. The van der Waals surface area contributed by atoms with Crippen molar-refractivity contribution in [3.05, 3.63) is 72.4 Å². The molecule has 0 aliphatic heterocycles. The van der Waals surface area contributed by atoms with Crippen LogP contribution >= 0.6 is 0 Å². The lowest BCUT2D eigenvalue weighted by atomic mass is 10.1. The van der Waals surface area contributed by atoms with Crippen molar-refractivity contribution in [2.45, 2.75) is 0 Å². The van der Waals surface area contributed by atoms with Gasteiger partial charge in [-0.2, -0.15) is 0 Å². The van der Waals surface area contributed by atoms with Gasteiger partial charge in [-0.25, -0.2) is 18.7 Å². The first-order valence-electron chi connectivity index (χ1n) is 6.33. The molecule has 104 valence electrons. The first-order chi connectivity index (χ1) is 10.2. The van der Waals surface area contributed by atoms with E-state index in [1.54, 1.807) is 0 Å². The van der Waals surface area contributed by atoms with Crippen molar-refractivity contribution in [3.63, 3.8) is 0 Å². The molecule has 0 saturated carbocycles. The molecule has 1 aromatic heterocycles. The number of para-hydroxylation sites is 1. The Hall–Kier alpha value is -2.82. The van der Waals surface area contributed by atoms with Crippen LogP contribution in [0.1, 0.15) is 0 Å². The molecular weight excluding hydrogens is 272 g/mol. The Bertz CT molecular complexity index is 740. The van der Waals surface area contributed by atoms with Crippen molar-refractivity contribution in [3.8, 4) is 11.3 Å². The molecule has 0 saturated heterocycles. The van der Waals surface area contributed by atoms with Crippen LogP contribution in [0, 0.1) is 11.6 Å². The third-order valence-electron chi connectivity index (χ3n) is 2.90. The Morgan fingerprint density at radius 1 is 0.810 bits per heavy atom. The summed E-state index contributed by atoms with van der Waals surface area (Å²) >= 11 is 0. The van der Waals surface area contributed by atoms with Crippen LogP contribution in [0.2, 0.25) is 0 Å². The number of aromatic nitrogens is 2. The van der Waals surface area contributed by atoms with E-state index in [0.717, 1.165) is 5.69 Å². The van der Waals surface area contributed by atoms with Crippen molar-refractivity contribution in [2.24, 2.45) is 0 Å². The van der Waals surface area contributed by atoms with Crippen molar-refractivity contribution in [1.29, 1.82) is 0 Å². The van der Waals surface area contributed by atoms with Crippen molar-refractivity contribution in [2.75, 3.05) is 5.32 Å². The average molecular weight is 283 g/mol. The normalized spacial score (nSPS) is 10.4. The molecule has 0 radical (unpaired) electrons. The van der Waals surface area contributed by atoms with E-state index in [0.29, 0.717) is 0 Å². The molecule has 0 amide bonds. The lowest BCUT2D eigenvalue weighted by Crippen LogP contribution is -1.99. The van der Waals surface area contributed by atoms with Crippen LogP contribution in [0.5, 0.6) is 0 Å². The number of anilines is 2. The van der Waals surface area contributed by atoms with Crippen molar-refractivity contribution in [1.82, 2.24) is 9.97 Å². The summed E-state index contributed by atoms with van der Waals surface area (Å²) in [5.74, 6) is -1.03. The minimum atomic E-state index is -0.653. The predicted octanol–water partition coefficient (Wildman–Crippen LogP) is 4.17. The maximum atomic E-state index is 13.8. The van der Waals surface area contributed by atoms with Crippen LogP contribution in [0.15, 0.2) is 60.8 Å². The van der Waals surface area contributed by atoms with Gasteiger partial charge in [0.2, 0.25) is 5.95 Å². The Morgan fingerprint density at radius 3 is 2.24 bits per heavy atom. The largest absolute Gasteiger partial charge is 0.324 e. The summed E-state index contributed by atoms with van der Waals surface area (Å²) in [5.41, 5.74) is 0.832. The van der Waals surface area contributed by atoms with Gasteiger partial charge in [-0.05, 0) is 30.3 Å². The molecule has 3 rings (SSSR count). The van der Waals surface area contributed by atoms with Crippen molar-refractivity contribution < 1.29 is 8.78 Å². The first-order valence-corrected chi connectivity index (χ1v) is 6.33. The van der Waals surface area contributed by atoms with Gasteiger partial charge < -0.3 is 5.32 Å². The summed E-state index contributed by atoms with van der Waals surface area (Å²) in [6.45, 7) is 0. The van der Waals surface area contributed by atoms with Gasteiger partial charge in [-0.1, -0.05) is 24.3 Å². The molecule has 0 fully saturated rings. The van der Waals surface area contributed by atoms with Crippen LogP contribution in [0.4, 0.5) is 20.4 Å². The van der Waals surface area contributed by atoms with Crippen LogP contribution in [0.25, 0.3) is 11.3 Å². The molecule has 0 spiro atoms. The van der Waals surface area contributed by atoms with Gasteiger partial charge >= 0.3 is 0 Å². The Balaban J connectivity index is 1.97. The summed E-state index contributed by atoms with van der Waals surface area (Å²) in [6, 6.07) is 14.5. The number of hydrogen-bond donors (Lipinski definition) is 1. The van der Waals surface area contributed by atoms with E-state index in [2.05, 4.69) is 15.3 Å². The lowest BCUT2D eigenvalue weighted by molar-refractivity contribution is 0.588. The van der Waals surface area contributed by atoms with E-state index in [-0.39, 0.29) is 17.2 Å². The summed E-state index contributed by atoms with van der Waals surface area (Å²) in [5, 5.41) is 2.99. The van der Waals surface area contributed by atoms with Gasteiger partial charge in [0.15, 0.2) is 0 Å². The highest BCUT2D eigenvalue weighted by Crippen LogP contribution is 2.25. The van der Waals surface area contributed by atoms with Crippen molar-refractivity contribution >= 4 is 11.6 Å². The summed E-state index contributed by atoms with van der Waals surface area (Å²) in [4.78, 5) is 8.21. The fourth-order valence-electron chi connectivity index (χ4n) is 1.95. The number of benzene rings is 2. The molecule has 2 aromatic carbocycles. The smallest absolute Gasteiger partial charge is 0.227 e. The SMILES string of the molecule is Fc1cccc(F)c1-c1ccnc(Nc2ccccc2)n1. The van der Waals surface area contributed by atoms with Crippen LogP contribution in [0.3, 0.4) is 0 Å². The quantitative estimate of drug-likeness (QED) is 0.784. The van der Waals surface area contributed by atoms with E-state index in [1.165, 1.54) is 30.5 Å². The van der Waals surface area contributed by atoms with E-state index < -0.39 is 11.6 Å². The molecule has 5 heteroatoms. The number of rotatable bonds is 3. The molecule has 0 aliphatic rings. The van der Waals surface area contributed by atoms with Gasteiger partial charge in [0.25, 0.3) is 0 Å². The Labute approximate surface area is 120 Å². The third-order valence-corrected chi connectivity index (χ3v) is 2.90. The molecule has 3 aromatic rings. The zero-order valence-corrected chi connectivity index (χ0v) is 10.9. The fourth-order valence-corrected chi connectivity index (χ4v) is 1.95. The number of hydrogen-bond acceptors (Lipinski definition) is 3. The highest BCUT2D eigenvalue weighted by Gasteiger charge is 2.13. The van der Waals surface area contributed by atoms with Gasteiger partial charge in [0.1, 0.15) is 11.6 Å². The molecule has 0 unspecified atom stereocenters. The molecule has 0 bridgehead atoms. The van der Waals surface area contributed by atoms with Gasteiger partial charge in [-0.3, -0.25) is 0 Å². The number of halogens is 2. The third kappa shape index (κ3) is 2.86. The number of nitrogens with one attached hydrogen (secondary N) is 1. The minimum Gasteiger partial charge on any atom is -0.324 e. The molecular formula is C16H11F2N3. The van der Waals surface area contributed by atoms with E-state index in [4.69, 9.17) is 0 Å².